The van der Waals surface area contributed by atoms with Gasteiger partial charge in [-0.25, -0.2) is 0 Å². The smallest absolute Gasteiger partial charge is 0.159 e. The summed E-state index contributed by atoms with van der Waals surface area (Å²) in [5.74, 6) is 0.886. The van der Waals surface area contributed by atoms with Crippen molar-refractivity contribution < 1.29 is 4.42 Å². The molecule has 0 N–H and O–H groups in total. The predicted octanol–water partition coefficient (Wildman–Crippen LogP) is 15.5. The Morgan fingerprint density at radius 3 is 2.07 bits per heavy atom. The third kappa shape index (κ3) is 5.75. The highest BCUT2D eigenvalue weighted by Gasteiger charge is 2.21. The van der Waals surface area contributed by atoms with Crippen LogP contribution in [0.1, 0.15) is 30.2 Å². The van der Waals surface area contributed by atoms with Crippen molar-refractivity contribution in [3.8, 4) is 11.1 Å². The SMILES string of the molecule is C=C/C(=C\C=C(/C)N(c1cccc(-c2ccc3ccc4ccccc4c3c2)c1)c1cccc2c3c(oc12)C=CCC=C3)c1cc2ccccc2c2ccccc12. The van der Waals surface area contributed by atoms with E-state index in [0.717, 1.165) is 62.5 Å². The van der Waals surface area contributed by atoms with Gasteiger partial charge in [0.2, 0.25) is 0 Å². The zero-order valence-electron chi connectivity index (χ0n) is 31.2. The van der Waals surface area contributed by atoms with Gasteiger partial charge in [-0.3, -0.25) is 0 Å². The second-order valence-electron chi connectivity index (χ2n) is 14.5. The molecule has 8 aromatic carbocycles. The number of rotatable bonds is 7. The van der Waals surface area contributed by atoms with Crippen LogP contribution in [0.15, 0.2) is 199 Å². The van der Waals surface area contributed by atoms with Crippen molar-refractivity contribution in [3.63, 3.8) is 0 Å². The van der Waals surface area contributed by atoms with Gasteiger partial charge >= 0.3 is 0 Å². The molecule has 1 aliphatic carbocycles. The van der Waals surface area contributed by atoms with Gasteiger partial charge in [0.05, 0.1) is 5.69 Å². The van der Waals surface area contributed by atoms with Crippen LogP contribution in [-0.4, -0.2) is 0 Å². The van der Waals surface area contributed by atoms with E-state index in [4.69, 9.17) is 4.42 Å². The predicted molar refractivity (Wildman–Crippen MR) is 241 cm³/mol. The minimum absolute atomic E-state index is 0.859. The molecule has 0 unspecified atom stereocenters. The van der Waals surface area contributed by atoms with Crippen molar-refractivity contribution in [2.45, 2.75) is 13.3 Å². The molecule has 0 amide bonds. The van der Waals surface area contributed by atoms with Gasteiger partial charge in [0.25, 0.3) is 0 Å². The maximum absolute atomic E-state index is 6.72. The van der Waals surface area contributed by atoms with Gasteiger partial charge in [-0.05, 0) is 121 Å². The van der Waals surface area contributed by atoms with Gasteiger partial charge in [0, 0.05) is 22.3 Å². The summed E-state index contributed by atoms with van der Waals surface area (Å²) in [7, 11) is 0. The molecule has 1 aromatic heterocycles. The van der Waals surface area contributed by atoms with Crippen molar-refractivity contribution in [1.82, 2.24) is 0 Å². The summed E-state index contributed by atoms with van der Waals surface area (Å²) in [5, 5.41) is 11.0. The molecule has 0 radical (unpaired) electrons. The third-order valence-corrected chi connectivity index (χ3v) is 11.2. The molecule has 0 fully saturated rings. The second-order valence-corrected chi connectivity index (χ2v) is 14.5. The van der Waals surface area contributed by atoms with Crippen LogP contribution in [0, 0.1) is 0 Å². The van der Waals surface area contributed by atoms with Crippen LogP contribution >= 0.6 is 0 Å². The summed E-state index contributed by atoms with van der Waals surface area (Å²) in [5.41, 5.74) is 9.58. The lowest BCUT2D eigenvalue weighted by atomic mass is 9.93. The molecule has 0 spiro atoms. The largest absolute Gasteiger partial charge is 0.454 e. The zero-order chi connectivity index (χ0) is 37.6. The van der Waals surface area contributed by atoms with Crippen molar-refractivity contribution in [2.24, 2.45) is 0 Å². The first-order chi connectivity index (χ1) is 27.6. The fourth-order valence-corrected chi connectivity index (χ4v) is 8.44. The van der Waals surface area contributed by atoms with E-state index in [9.17, 15) is 0 Å². The number of benzene rings is 8. The molecule has 1 aliphatic rings. The van der Waals surface area contributed by atoms with E-state index >= 15 is 0 Å². The lowest BCUT2D eigenvalue weighted by Gasteiger charge is -2.26. The molecular weight excluding hydrogens is 679 g/mol. The highest BCUT2D eigenvalue weighted by molar-refractivity contribution is 6.13. The van der Waals surface area contributed by atoms with Gasteiger partial charge in [-0.15, -0.1) is 0 Å². The van der Waals surface area contributed by atoms with E-state index in [1.165, 1.54) is 48.7 Å². The molecule has 10 rings (SSSR count). The number of allylic oxidation sites excluding steroid dienone is 7. The van der Waals surface area contributed by atoms with Crippen LogP contribution in [0.4, 0.5) is 11.4 Å². The summed E-state index contributed by atoms with van der Waals surface area (Å²) in [6.07, 6.45) is 15.9. The van der Waals surface area contributed by atoms with E-state index in [2.05, 4.69) is 207 Å². The number of para-hydroxylation sites is 1. The van der Waals surface area contributed by atoms with E-state index in [-0.39, 0.29) is 0 Å². The van der Waals surface area contributed by atoms with E-state index < -0.39 is 0 Å². The molecule has 0 saturated heterocycles. The third-order valence-electron chi connectivity index (χ3n) is 11.2. The quantitative estimate of drug-likeness (QED) is 0.121. The number of nitrogens with zero attached hydrogens (tertiary/aromatic N) is 1. The van der Waals surface area contributed by atoms with Crippen molar-refractivity contribution >= 4 is 83.2 Å². The molecule has 266 valence electrons. The second kappa shape index (κ2) is 13.9. The lowest BCUT2D eigenvalue weighted by molar-refractivity contribution is 0.603. The molecule has 0 saturated carbocycles. The topological polar surface area (TPSA) is 16.4 Å². The Morgan fingerprint density at radius 2 is 1.23 bits per heavy atom. The fraction of sp³-hybridized carbons (Fsp3) is 0.0370. The van der Waals surface area contributed by atoms with Crippen molar-refractivity contribution in [3.05, 3.63) is 211 Å². The molecule has 1 heterocycles. The Balaban J connectivity index is 1.15. The first-order valence-corrected chi connectivity index (χ1v) is 19.3. The van der Waals surface area contributed by atoms with Gasteiger partial charge in [0.15, 0.2) is 5.58 Å². The molecule has 56 heavy (non-hydrogen) atoms. The summed E-state index contributed by atoms with van der Waals surface area (Å²) >= 11 is 0. The van der Waals surface area contributed by atoms with Crippen LogP contribution in [0.5, 0.6) is 0 Å². The standard InChI is InChI=1S/C54H39NO/c1-3-37(50-35-42-16-8-10-20-45(42)46-21-11-12-22-47(46)50)28-27-36(2)55(52-25-14-24-49-48-23-5-4-6-26-53(48)56-54(49)52)43-18-13-17-40(33-43)41-32-31-39-30-29-38-15-7-9-19-44(38)51(39)34-41/h3,5-35H,1,4H2,2H3/b36-27+,37-28+. The Bertz CT molecular complexity index is 3150. The van der Waals surface area contributed by atoms with Crippen LogP contribution in [0.3, 0.4) is 0 Å². The summed E-state index contributed by atoms with van der Waals surface area (Å²) in [6, 6.07) is 54.8. The molecule has 0 atom stereocenters. The first-order valence-electron chi connectivity index (χ1n) is 19.3. The highest BCUT2D eigenvalue weighted by atomic mass is 16.3. The monoisotopic (exact) mass is 717 g/mol. The van der Waals surface area contributed by atoms with Gasteiger partial charge in [-0.1, -0.05) is 158 Å². The summed E-state index contributed by atoms with van der Waals surface area (Å²) in [6.45, 7) is 6.47. The Hall–Kier alpha value is -7.16. The number of hydrogen-bond acceptors (Lipinski definition) is 2. The molecule has 2 nitrogen and oxygen atoms in total. The van der Waals surface area contributed by atoms with Crippen molar-refractivity contribution in [1.29, 1.82) is 0 Å². The number of hydrogen-bond donors (Lipinski definition) is 0. The van der Waals surface area contributed by atoms with Crippen LogP contribution in [0.25, 0.3) is 82.9 Å². The van der Waals surface area contributed by atoms with Crippen molar-refractivity contribution in [2.75, 3.05) is 4.90 Å². The first kappa shape index (κ1) is 33.4. The number of anilines is 2. The average Bonchev–Trinajstić information content (AvgIpc) is 3.44. The maximum atomic E-state index is 6.72. The van der Waals surface area contributed by atoms with Crippen LogP contribution in [0.2, 0.25) is 0 Å². The summed E-state index contributed by atoms with van der Waals surface area (Å²) in [4.78, 5) is 2.33. The van der Waals surface area contributed by atoms with E-state index in [1.807, 2.05) is 6.08 Å². The molecule has 0 bridgehead atoms. The number of furan rings is 1. The van der Waals surface area contributed by atoms with Gasteiger partial charge in [0.1, 0.15) is 5.76 Å². The minimum Gasteiger partial charge on any atom is -0.454 e. The van der Waals surface area contributed by atoms with Crippen LogP contribution < -0.4 is 4.90 Å². The normalized spacial score (nSPS) is 13.2. The Morgan fingerprint density at radius 1 is 0.571 bits per heavy atom. The fourth-order valence-electron chi connectivity index (χ4n) is 8.44. The van der Waals surface area contributed by atoms with Crippen LogP contribution in [-0.2, 0) is 0 Å². The van der Waals surface area contributed by atoms with Gasteiger partial charge in [-0.2, -0.15) is 0 Å². The molecule has 2 heteroatoms. The highest BCUT2D eigenvalue weighted by Crippen LogP contribution is 2.42. The zero-order valence-corrected chi connectivity index (χ0v) is 31.2. The summed E-state index contributed by atoms with van der Waals surface area (Å²) < 4.78 is 6.72. The number of fused-ring (bicyclic) bond motifs is 9. The molecule has 0 aliphatic heterocycles. The maximum Gasteiger partial charge on any atom is 0.159 e. The van der Waals surface area contributed by atoms with Gasteiger partial charge < -0.3 is 9.32 Å². The Kier molecular flexibility index (Phi) is 8.30. The minimum atomic E-state index is 0.859. The van der Waals surface area contributed by atoms with E-state index in [0.29, 0.717) is 0 Å². The molecule has 9 aromatic rings. The lowest BCUT2D eigenvalue weighted by Crippen LogP contribution is -2.14. The molecular formula is C54H39NO. The van der Waals surface area contributed by atoms with E-state index in [1.54, 1.807) is 0 Å². The average molecular weight is 718 g/mol. The Labute approximate surface area is 326 Å².